The molecule has 156 valence electrons. The number of nitrogens with zero attached hydrogens (tertiary/aromatic N) is 5. The van der Waals surface area contributed by atoms with E-state index in [4.69, 9.17) is 4.74 Å². The summed E-state index contributed by atoms with van der Waals surface area (Å²) in [6, 6.07) is 11.4. The number of pyridine rings is 1. The maximum absolute atomic E-state index is 13.7. The van der Waals surface area contributed by atoms with Crippen LogP contribution in [0, 0.1) is 5.82 Å². The molecule has 3 aromatic heterocycles. The van der Waals surface area contributed by atoms with Crippen LogP contribution in [0.25, 0.3) is 16.9 Å². The fraction of sp³-hybridized carbons (Fsp3) is 0.182. The van der Waals surface area contributed by atoms with Crippen LogP contribution in [-0.4, -0.2) is 51.8 Å². The number of anilines is 2. The summed E-state index contributed by atoms with van der Waals surface area (Å²) in [6.45, 7) is 2.53. The molecule has 4 heterocycles. The Balaban J connectivity index is 1.60. The summed E-state index contributed by atoms with van der Waals surface area (Å²) < 4.78 is 20.7. The summed E-state index contributed by atoms with van der Waals surface area (Å²) in [5.74, 6) is -0.0345. The second-order valence-electron chi connectivity index (χ2n) is 7.12. The number of nitrogens with one attached hydrogen (secondary N) is 1. The van der Waals surface area contributed by atoms with Gasteiger partial charge in [-0.2, -0.15) is 0 Å². The average molecular weight is 418 g/mol. The van der Waals surface area contributed by atoms with Gasteiger partial charge in [0.2, 0.25) is 0 Å². The molecule has 4 aromatic rings. The number of amides is 1. The van der Waals surface area contributed by atoms with Crippen LogP contribution >= 0.6 is 0 Å². The number of fused-ring (bicyclic) bond motifs is 1. The zero-order valence-corrected chi connectivity index (χ0v) is 16.5. The molecule has 1 aliphatic rings. The topological polar surface area (TPSA) is 84.7 Å². The lowest BCUT2D eigenvalue weighted by molar-refractivity contribution is 0.102. The van der Waals surface area contributed by atoms with Crippen molar-refractivity contribution in [3.8, 4) is 11.3 Å². The largest absolute Gasteiger partial charge is 0.378 e. The van der Waals surface area contributed by atoms with Crippen molar-refractivity contribution >= 4 is 23.1 Å². The molecule has 0 saturated carbocycles. The summed E-state index contributed by atoms with van der Waals surface area (Å²) >= 11 is 0. The van der Waals surface area contributed by atoms with Gasteiger partial charge >= 0.3 is 0 Å². The minimum atomic E-state index is -0.355. The maximum Gasteiger partial charge on any atom is 0.259 e. The molecule has 8 nitrogen and oxygen atoms in total. The first kappa shape index (κ1) is 19.1. The first-order chi connectivity index (χ1) is 15.2. The molecule has 9 heteroatoms. The van der Waals surface area contributed by atoms with E-state index in [-0.39, 0.29) is 11.7 Å². The summed E-state index contributed by atoms with van der Waals surface area (Å²) in [7, 11) is 0. The number of halogens is 1. The van der Waals surface area contributed by atoms with Crippen molar-refractivity contribution < 1.29 is 13.9 Å². The van der Waals surface area contributed by atoms with Crippen molar-refractivity contribution in [3.05, 3.63) is 72.4 Å². The van der Waals surface area contributed by atoms with E-state index in [9.17, 15) is 9.18 Å². The Labute approximate surface area is 177 Å². The van der Waals surface area contributed by atoms with Crippen molar-refractivity contribution in [1.82, 2.24) is 19.6 Å². The second-order valence-corrected chi connectivity index (χ2v) is 7.12. The molecule has 0 spiro atoms. The van der Waals surface area contributed by atoms with Gasteiger partial charge in [-0.05, 0) is 30.3 Å². The second kappa shape index (κ2) is 8.11. The number of hydrogen-bond acceptors (Lipinski definition) is 6. The van der Waals surface area contributed by atoms with Crippen LogP contribution in [0.5, 0.6) is 0 Å². The van der Waals surface area contributed by atoms with Gasteiger partial charge in [0.05, 0.1) is 42.6 Å². The molecule has 0 radical (unpaired) electrons. The minimum absolute atomic E-state index is 0.327. The van der Waals surface area contributed by atoms with Crippen LogP contribution in [0.4, 0.5) is 15.9 Å². The molecule has 0 atom stereocenters. The van der Waals surface area contributed by atoms with Crippen LogP contribution in [0.3, 0.4) is 0 Å². The number of carbonyl (C=O) groups is 1. The van der Waals surface area contributed by atoms with Gasteiger partial charge in [0.15, 0.2) is 11.5 Å². The Hall–Kier alpha value is -3.85. The van der Waals surface area contributed by atoms with Gasteiger partial charge in [0.25, 0.3) is 5.91 Å². The van der Waals surface area contributed by atoms with Gasteiger partial charge in [-0.25, -0.2) is 13.9 Å². The zero-order valence-electron chi connectivity index (χ0n) is 16.5. The third kappa shape index (κ3) is 3.95. The Kier molecular flexibility index (Phi) is 5.01. The van der Waals surface area contributed by atoms with Crippen LogP contribution in [-0.2, 0) is 4.74 Å². The molecule has 0 aliphatic carbocycles. The van der Waals surface area contributed by atoms with Gasteiger partial charge in [0, 0.05) is 24.8 Å². The highest BCUT2D eigenvalue weighted by molar-refractivity contribution is 6.08. The number of aromatic nitrogens is 4. The Morgan fingerprint density at radius 1 is 1.13 bits per heavy atom. The number of hydrogen-bond donors (Lipinski definition) is 1. The molecule has 1 aromatic carbocycles. The Morgan fingerprint density at radius 3 is 2.77 bits per heavy atom. The maximum atomic E-state index is 13.7. The van der Waals surface area contributed by atoms with Gasteiger partial charge < -0.3 is 15.0 Å². The molecule has 5 rings (SSSR count). The lowest BCUT2D eigenvalue weighted by atomic mass is 10.2. The van der Waals surface area contributed by atoms with Crippen LogP contribution in [0.15, 0.2) is 61.1 Å². The SMILES string of the molecule is O=C(Nc1cccnc1)c1cc(N2CCOCC2)nn2cc(-c3cccc(F)c3)nc12. The van der Waals surface area contributed by atoms with E-state index in [1.165, 1.54) is 12.1 Å². The summed E-state index contributed by atoms with van der Waals surface area (Å²) in [5, 5.41) is 7.51. The first-order valence-corrected chi connectivity index (χ1v) is 9.88. The number of morpholine rings is 1. The van der Waals surface area contributed by atoms with E-state index < -0.39 is 0 Å². The standard InChI is InChI=1S/C22H19FN6O2/c23-16-4-1-3-15(11-16)19-14-29-21(26-19)18(22(30)25-17-5-2-6-24-13-17)12-20(27-29)28-7-9-31-10-8-28/h1-6,11-14H,7-10H2,(H,25,30). The molecule has 1 saturated heterocycles. The van der Waals surface area contributed by atoms with Crippen LogP contribution in [0.1, 0.15) is 10.4 Å². The fourth-order valence-electron chi connectivity index (χ4n) is 3.50. The van der Waals surface area contributed by atoms with Crippen molar-refractivity contribution in [2.24, 2.45) is 0 Å². The predicted octanol–water partition coefficient (Wildman–Crippen LogP) is 3.02. The smallest absolute Gasteiger partial charge is 0.259 e. The Morgan fingerprint density at radius 2 is 2.00 bits per heavy atom. The number of rotatable bonds is 4. The third-order valence-corrected chi connectivity index (χ3v) is 5.03. The van der Waals surface area contributed by atoms with E-state index in [1.54, 1.807) is 53.4 Å². The molecule has 1 amide bonds. The van der Waals surface area contributed by atoms with E-state index in [0.717, 1.165) is 0 Å². The van der Waals surface area contributed by atoms with E-state index in [0.29, 0.717) is 60.3 Å². The summed E-state index contributed by atoms with van der Waals surface area (Å²) in [5.41, 5.74) is 2.46. The normalized spacial score (nSPS) is 14.0. The highest BCUT2D eigenvalue weighted by atomic mass is 19.1. The lowest BCUT2D eigenvalue weighted by Gasteiger charge is -2.27. The number of benzene rings is 1. The van der Waals surface area contributed by atoms with Crippen LogP contribution < -0.4 is 10.2 Å². The van der Waals surface area contributed by atoms with Gasteiger partial charge in [-0.3, -0.25) is 9.78 Å². The van der Waals surface area contributed by atoms with E-state index in [1.807, 2.05) is 0 Å². The summed E-state index contributed by atoms with van der Waals surface area (Å²) in [4.78, 5) is 23.8. The monoisotopic (exact) mass is 418 g/mol. The van der Waals surface area contributed by atoms with Crippen molar-refractivity contribution in [2.75, 3.05) is 36.5 Å². The lowest BCUT2D eigenvalue weighted by Crippen LogP contribution is -2.37. The molecule has 1 aliphatic heterocycles. The molecule has 0 bridgehead atoms. The molecule has 31 heavy (non-hydrogen) atoms. The molecule has 0 unspecified atom stereocenters. The molecular formula is C22H19FN6O2. The van der Waals surface area contributed by atoms with Crippen molar-refractivity contribution in [2.45, 2.75) is 0 Å². The average Bonchev–Trinajstić information content (AvgIpc) is 3.24. The van der Waals surface area contributed by atoms with Gasteiger partial charge in [-0.15, -0.1) is 5.10 Å². The molecule has 1 fully saturated rings. The van der Waals surface area contributed by atoms with Crippen LogP contribution in [0.2, 0.25) is 0 Å². The zero-order chi connectivity index (χ0) is 21.2. The third-order valence-electron chi connectivity index (χ3n) is 5.03. The van der Waals surface area contributed by atoms with E-state index in [2.05, 4.69) is 25.3 Å². The predicted molar refractivity (Wildman–Crippen MR) is 114 cm³/mol. The Bertz CT molecular complexity index is 1240. The number of carbonyl (C=O) groups excluding carboxylic acids is 1. The van der Waals surface area contributed by atoms with Crippen molar-refractivity contribution in [3.63, 3.8) is 0 Å². The quantitative estimate of drug-likeness (QED) is 0.549. The minimum Gasteiger partial charge on any atom is -0.378 e. The molecule has 1 N–H and O–H groups in total. The number of imidazole rings is 1. The number of ether oxygens (including phenoxy) is 1. The van der Waals surface area contributed by atoms with Crippen molar-refractivity contribution in [1.29, 1.82) is 0 Å². The van der Waals surface area contributed by atoms with Gasteiger partial charge in [0.1, 0.15) is 5.82 Å². The van der Waals surface area contributed by atoms with Gasteiger partial charge in [-0.1, -0.05) is 12.1 Å². The summed E-state index contributed by atoms with van der Waals surface area (Å²) in [6.07, 6.45) is 4.91. The van der Waals surface area contributed by atoms with E-state index >= 15 is 0 Å². The first-order valence-electron chi connectivity index (χ1n) is 9.88. The highest BCUT2D eigenvalue weighted by Gasteiger charge is 2.21. The highest BCUT2D eigenvalue weighted by Crippen LogP contribution is 2.24. The fourth-order valence-corrected chi connectivity index (χ4v) is 3.50. The molecular weight excluding hydrogens is 399 g/mol.